The van der Waals surface area contributed by atoms with E-state index < -0.39 is 0 Å². The fourth-order valence-corrected chi connectivity index (χ4v) is 7.02. The van der Waals surface area contributed by atoms with Crippen molar-refractivity contribution in [2.75, 3.05) is 0 Å². The van der Waals surface area contributed by atoms with Gasteiger partial charge in [0.2, 0.25) is 34.2 Å². The summed E-state index contributed by atoms with van der Waals surface area (Å²) in [5, 5.41) is 0. The summed E-state index contributed by atoms with van der Waals surface area (Å²) in [5.74, 6) is 0. The molecule has 0 bridgehead atoms. The molecule has 0 unspecified atom stereocenters. The van der Waals surface area contributed by atoms with Crippen molar-refractivity contribution in [1.82, 2.24) is 0 Å². The second-order valence-corrected chi connectivity index (χ2v) is 11.6. The molecular weight excluding hydrogens is 510 g/mol. The minimum Gasteiger partial charge on any atom is -0.201 e. The number of aryl methyl sites for hydroxylation is 6. The van der Waals surface area contributed by atoms with E-state index >= 15 is 0 Å². The van der Waals surface area contributed by atoms with Gasteiger partial charge in [-0.2, -0.15) is 9.13 Å². The molecular formula is C39H36N3+3. The van der Waals surface area contributed by atoms with Crippen LogP contribution < -0.4 is 13.7 Å². The standard InChI is InChI=1S/C39H36N3/c1-25-15-7-8-16-30(25)37-28(4)24-29(5)38-31-17-9-10-18-32(31)41-22-14-12-20-34(41)36-27(3)23-26(2)35(39(36)42(37)38)33-19-11-13-21-40(33)6/h7-24H,1-6H3/q+3. The van der Waals surface area contributed by atoms with Gasteiger partial charge >= 0.3 is 0 Å². The van der Waals surface area contributed by atoms with Gasteiger partial charge in [0, 0.05) is 47.0 Å². The first-order chi connectivity index (χ1) is 20.4. The molecule has 4 heterocycles. The summed E-state index contributed by atoms with van der Waals surface area (Å²) < 4.78 is 7.22. The maximum absolute atomic E-state index is 2.60. The van der Waals surface area contributed by atoms with Gasteiger partial charge in [-0.05, 0) is 81.6 Å². The van der Waals surface area contributed by atoms with E-state index in [9.17, 15) is 0 Å². The normalized spacial score (nSPS) is 11.6. The molecule has 1 aliphatic rings. The Morgan fingerprint density at radius 3 is 1.74 bits per heavy atom. The molecule has 0 saturated heterocycles. The number of pyridine rings is 3. The molecule has 6 aromatic rings. The Kier molecular flexibility index (Phi) is 6.13. The van der Waals surface area contributed by atoms with Crippen LogP contribution in [-0.4, -0.2) is 0 Å². The van der Waals surface area contributed by atoms with Crippen molar-refractivity contribution in [3.8, 4) is 56.4 Å². The minimum atomic E-state index is 1.18. The molecule has 0 saturated carbocycles. The van der Waals surface area contributed by atoms with Gasteiger partial charge in [-0.3, -0.25) is 0 Å². The Morgan fingerprint density at radius 2 is 1.02 bits per heavy atom. The van der Waals surface area contributed by atoms with Crippen molar-refractivity contribution < 1.29 is 13.7 Å². The highest BCUT2D eigenvalue weighted by Crippen LogP contribution is 2.42. The molecule has 0 fully saturated rings. The maximum atomic E-state index is 2.60. The van der Waals surface area contributed by atoms with Gasteiger partial charge in [-0.25, -0.2) is 4.57 Å². The molecule has 204 valence electrons. The lowest BCUT2D eigenvalue weighted by Crippen LogP contribution is -2.45. The highest BCUT2D eigenvalue weighted by molar-refractivity contribution is 5.86. The Labute approximate surface area is 248 Å². The number of aromatic nitrogens is 3. The van der Waals surface area contributed by atoms with Crippen LogP contribution in [0.2, 0.25) is 0 Å². The topological polar surface area (TPSA) is 11.6 Å². The van der Waals surface area contributed by atoms with Crippen LogP contribution in [0.15, 0.2) is 109 Å². The lowest BCUT2D eigenvalue weighted by molar-refractivity contribution is -0.661. The van der Waals surface area contributed by atoms with Crippen LogP contribution in [0.1, 0.15) is 27.8 Å². The predicted octanol–water partition coefficient (Wildman–Crippen LogP) is 7.59. The Morgan fingerprint density at radius 1 is 0.476 bits per heavy atom. The zero-order valence-corrected chi connectivity index (χ0v) is 25.2. The molecule has 3 aromatic carbocycles. The fourth-order valence-electron chi connectivity index (χ4n) is 7.02. The molecule has 1 aliphatic heterocycles. The Hall–Kier alpha value is -4.89. The smallest absolute Gasteiger partial charge is 0.201 e. The number of fused-ring (bicyclic) bond motifs is 8. The number of para-hydroxylation sites is 1. The molecule has 3 nitrogen and oxygen atoms in total. The molecule has 3 aromatic heterocycles. The third kappa shape index (κ3) is 3.84. The maximum Gasteiger partial charge on any atom is 0.240 e. The van der Waals surface area contributed by atoms with Crippen LogP contribution in [0.4, 0.5) is 0 Å². The van der Waals surface area contributed by atoms with E-state index in [4.69, 9.17) is 0 Å². The van der Waals surface area contributed by atoms with Gasteiger partial charge in [-0.15, -0.1) is 0 Å². The van der Waals surface area contributed by atoms with Crippen LogP contribution in [0.25, 0.3) is 56.4 Å². The van der Waals surface area contributed by atoms with Crippen molar-refractivity contribution in [3.05, 3.63) is 137 Å². The number of benzene rings is 3. The molecule has 0 amide bonds. The molecule has 0 aliphatic carbocycles. The minimum absolute atomic E-state index is 1.18. The van der Waals surface area contributed by atoms with E-state index in [-0.39, 0.29) is 0 Å². The third-order valence-corrected chi connectivity index (χ3v) is 8.79. The second kappa shape index (κ2) is 9.88. The summed E-state index contributed by atoms with van der Waals surface area (Å²) >= 11 is 0. The van der Waals surface area contributed by atoms with E-state index in [1.807, 2.05) is 0 Å². The summed E-state index contributed by atoms with van der Waals surface area (Å²) in [4.78, 5) is 0. The quantitative estimate of drug-likeness (QED) is 0.198. The van der Waals surface area contributed by atoms with Gasteiger partial charge in [-0.1, -0.05) is 36.4 Å². The molecule has 3 heteroatoms. The van der Waals surface area contributed by atoms with Gasteiger partial charge in [0.25, 0.3) is 0 Å². The Bertz CT molecular complexity index is 1900. The van der Waals surface area contributed by atoms with Crippen molar-refractivity contribution in [3.63, 3.8) is 0 Å². The summed E-state index contributed by atoms with van der Waals surface area (Å²) in [6.45, 7) is 11.3. The summed E-state index contributed by atoms with van der Waals surface area (Å²) in [6.07, 6.45) is 4.36. The second-order valence-electron chi connectivity index (χ2n) is 11.6. The summed E-state index contributed by atoms with van der Waals surface area (Å²) in [6, 6.07) is 35.5. The molecule has 0 atom stereocenters. The average molecular weight is 547 g/mol. The lowest BCUT2D eigenvalue weighted by Gasteiger charge is -2.22. The van der Waals surface area contributed by atoms with Gasteiger partial charge in [0.05, 0.1) is 0 Å². The van der Waals surface area contributed by atoms with E-state index in [0.717, 1.165) is 0 Å². The van der Waals surface area contributed by atoms with E-state index in [0.29, 0.717) is 0 Å². The zero-order chi connectivity index (χ0) is 29.1. The fraction of sp³-hybridized carbons (Fsp3) is 0.154. The van der Waals surface area contributed by atoms with Gasteiger partial charge < -0.3 is 0 Å². The van der Waals surface area contributed by atoms with E-state index in [2.05, 4.69) is 165 Å². The van der Waals surface area contributed by atoms with Crippen LogP contribution in [0, 0.1) is 34.6 Å². The average Bonchev–Trinajstić information content (AvgIpc) is 2.97. The van der Waals surface area contributed by atoms with Gasteiger partial charge in [0.15, 0.2) is 12.4 Å². The summed E-state index contributed by atoms with van der Waals surface area (Å²) in [7, 11) is 2.15. The number of hydrogen-bond acceptors (Lipinski definition) is 0. The number of hydrogen-bond donors (Lipinski definition) is 0. The number of nitrogens with zero attached hydrogens (tertiary/aromatic N) is 3. The van der Waals surface area contributed by atoms with Crippen molar-refractivity contribution in [2.24, 2.45) is 7.05 Å². The zero-order valence-electron chi connectivity index (χ0n) is 25.2. The number of rotatable bonds is 2. The van der Waals surface area contributed by atoms with Crippen LogP contribution in [0.3, 0.4) is 0 Å². The van der Waals surface area contributed by atoms with Crippen molar-refractivity contribution >= 4 is 0 Å². The first-order valence-corrected chi connectivity index (χ1v) is 14.7. The molecule has 7 rings (SSSR count). The van der Waals surface area contributed by atoms with Crippen LogP contribution in [-0.2, 0) is 7.05 Å². The largest absolute Gasteiger partial charge is 0.240 e. The molecule has 0 N–H and O–H groups in total. The Balaban J connectivity index is 1.82. The van der Waals surface area contributed by atoms with Crippen LogP contribution >= 0.6 is 0 Å². The third-order valence-electron chi connectivity index (χ3n) is 8.79. The van der Waals surface area contributed by atoms with Crippen LogP contribution in [0.5, 0.6) is 0 Å². The molecule has 0 spiro atoms. The highest BCUT2D eigenvalue weighted by atomic mass is 15.1. The SMILES string of the molecule is Cc1ccccc1-c1c(C)cc(C)c2[n+]1-c1c(-c3cccc[n+]3C)c(C)cc(C)c1-c1cccc[n+]1-c1ccccc1-2. The van der Waals surface area contributed by atoms with E-state index in [1.165, 1.54) is 84.2 Å². The first kappa shape index (κ1) is 26.0. The summed E-state index contributed by atoms with van der Waals surface area (Å²) in [5.41, 5.74) is 18.5. The predicted molar refractivity (Wildman–Crippen MR) is 170 cm³/mol. The monoisotopic (exact) mass is 546 g/mol. The van der Waals surface area contributed by atoms with Crippen molar-refractivity contribution in [2.45, 2.75) is 34.6 Å². The van der Waals surface area contributed by atoms with E-state index in [1.54, 1.807) is 0 Å². The lowest BCUT2D eigenvalue weighted by atomic mass is 9.88. The van der Waals surface area contributed by atoms with Crippen molar-refractivity contribution in [1.29, 1.82) is 0 Å². The highest BCUT2D eigenvalue weighted by Gasteiger charge is 2.41. The molecule has 0 radical (unpaired) electrons. The van der Waals surface area contributed by atoms with Gasteiger partial charge in [0.1, 0.15) is 23.7 Å². The molecule has 42 heavy (non-hydrogen) atoms. The first-order valence-electron chi connectivity index (χ1n) is 14.7.